The molecule has 1 atom stereocenters. The fraction of sp³-hybridized carbons (Fsp3) is 0.750. The van der Waals surface area contributed by atoms with E-state index in [2.05, 4.69) is 4.52 Å². The van der Waals surface area contributed by atoms with Crippen LogP contribution in [0.15, 0.2) is 0 Å². The van der Waals surface area contributed by atoms with Crippen molar-refractivity contribution >= 4 is 14.2 Å². The lowest BCUT2D eigenvalue weighted by Crippen LogP contribution is -2.06. The summed E-state index contributed by atoms with van der Waals surface area (Å²) in [4.78, 5) is 18.4. The van der Waals surface area contributed by atoms with Crippen LogP contribution in [0.1, 0.15) is 13.8 Å². The summed E-state index contributed by atoms with van der Waals surface area (Å²) in [6.45, 7) is 3.17. The Kier molecular flexibility index (Phi) is 3.35. The molecule has 5 heteroatoms. The van der Waals surface area contributed by atoms with E-state index < -0.39 is 14.2 Å². The van der Waals surface area contributed by atoms with Gasteiger partial charge in [-0.1, -0.05) is 13.8 Å². The summed E-state index contributed by atoms with van der Waals surface area (Å²) < 4.78 is 13.8. The smallest absolute Gasteiger partial charge is 0.246 e. The highest BCUT2D eigenvalue weighted by Crippen LogP contribution is 2.16. The lowest BCUT2D eigenvalue weighted by atomic mass is 10.2. The van der Waals surface area contributed by atoms with Gasteiger partial charge in [0, 0.05) is 4.57 Å². The number of hydrogen-bond acceptors (Lipinski definition) is 3. The minimum absolute atomic E-state index is 0.351. The molecule has 1 N–H and O–H groups in total. The van der Waals surface area contributed by atoms with Gasteiger partial charge >= 0.3 is 14.2 Å². The molecule has 0 saturated carbocycles. The Labute approximate surface area is 53.8 Å². The molecule has 0 rings (SSSR count). The third kappa shape index (κ3) is 4.06. The maximum atomic E-state index is 10.4. The Bertz CT molecular complexity index is 131. The molecule has 9 heavy (non-hydrogen) atoms. The summed E-state index contributed by atoms with van der Waals surface area (Å²) in [7, 11) is -2.77. The predicted molar refractivity (Wildman–Crippen MR) is 30.8 cm³/mol. The molecule has 0 fully saturated rings. The molecule has 0 aliphatic carbocycles. The van der Waals surface area contributed by atoms with E-state index in [0.717, 1.165) is 0 Å². The minimum atomic E-state index is -2.77. The lowest BCUT2D eigenvalue weighted by Gasteiger charge is -1.91. The second-order valence-electron chi connectivity index (χ2n) is 1.80. The first-order valence-electron chi connectivity index (χ1n) is 2.42. The first-order valence-corrected chi connectivity index (χ1v) is 3.55. The van der Waals surface area contributed by atoms with Crippen LogP contribution in [-0.4, -0.2) is 10.9 Å². The minimum Gasteiger partial charge on any atom is -0.246 e. The second-order valence-corrected chi connectivity index (χ2v) is 2.46. The second kappa shape index (κ2) is 3.54. The largest absolute Gasteiger partial charge is 0.750 e. The molecule has 0 bridgehead atoms. The van der Waals surface area contributed by atoms with Crippen LogP contribution >= 0.6 is 8.25 Å². The third-order valence-electron chi connectivity index (χ3n) is 0.639. The van der Waals surface area contributed by atoms with Gasteiger partial charge < -0.3 is 0 Å². The quantitative estimate of drug-likeness (QED) is 0.594. The van der Waals surface area contributed by atoms with Crippen molar-refractivity contribution in [3.63, 3.8) is 0 Å². The first-order chi connectivity index (χ1) is 4.04. The molecule has 0 aromatic carbocycles. The zero-order valence-corrected chi connectivity index (χ0v) is 6.09. The fourth-order valence-electron chi connectivity index (χ4n) is 0.182. The number of carbonyl (C=O) groups is 1. The summed E-state index contributed by atoms with van der Waals surface area (Å²) in [5, 5.41) is 0. The van der Waals surface area contributed by atoms with Gasteiger partial charge in [-0.3, -0.25) is 0 Å². The summed E-state index contributed by atoms with van der Waals surface area (Å²) >= 11 is 0. The number of rotatable bonds is 2. The van der Waals surface area contributed by atoms with Gasteiger partial charge in [-0.15, -0.1) is 4.89 Å². The normalized spacial score (nSPS) is 11.3. The highest BCUT2D eigenvalue weighted by atomic mass is 31.1. The molecule has 0 aliphatic rings. The van der Waals surface area contributed by atoms with E-state index in [0.29, 0.717) is 0 Å². The maximum Gasteiger partial charge on any atom is 0.750 e. The maximum absolute atomic E-state index is 10.4. The van der Waals surface area contributed by atoms with E-state index in [4.69, 9.17) is 4.89 Å². The van der Waals surface area contributed by atoms with Crippen LogP contribution in [0.4, 0.5) is 0 Å². The van der Waals surface area contributed by atoms with Gasteiger partial charge in [0.2, 0.25) is 0 Å². The Balaban J connectivity index is 3.64. The number of hydrogen-bond donors (Lipinski definition) is 1. The molecule has 0 aromatic rings. The first kappa shape index (κ1) is 8.53. The summed E-state index contributed by atoms with van der Waals surface area (Å²) in [5.41, 5.74) is 0. The highest BCUT2D eigenvalue weighted by molar-refractivity contribution is 7.32. The van der Waals surface area contributed by atoms with Crippen LogP contribution in [0.25, 0.3) is 0 Å². The molecule has 0 aliphatic heterocycles. The van der Waals surface area contributed by atoms with Crippen molar-refractivity contribution < 1.29 is 18.8 Å². The van der Waals surface area contributed by atoms with Crippen molar-refractivity contribution in [3.8, 4) is 0 Å². The highest BCUT2D eigenvalue weighted by Gasteiger charge is 2.22. The molecular weight excluding hydrogens is 143 g/mol. The predicted octanol–water partition coefficient (Wildman–Crippen LogP) is 0.835. The average molecular weight is 151 g/mol. The van der Waals surface area contributed by atoms with Crippen LogP contribution in [0.5, 0.6) is 0 Å². The van der Waals surface area contributed by atoms with Crippen molar-refractivity contribution in [3.05, 3.63) is 0 Å². The van der Waals surface area contributed by atoms with E-state index >= 15 is 0 Å². The fourth-order valence-corrected chi connectivity index (χ4v) is 0.547. The molecule has 4 nitrogen and oxygen atoms in total. The molecule has 52 valence electrons. The van der Waals surface area contributed by atoms with Crippen molar-refractivity contribution in [1.82, 2.24) is 0 Å². The Morgan fingerprint density at radius 1 is 1.67 bits per heavy atom. The van der Waals surface area contributed by atoms with Gasteiger partial charge in [0.1, 0.15) is 0 Å². The zero-order valence-electron chi connectivity index (χ0n) is 5.20. The topological polar surface area (TPSA) is 63.6 Å². The third-order valence-corrected chi connectivity index (χ3v) is 0.976. The Hall–Kier alpha value is -0.470. The van der Waals surface area contributed by atoms with E-state index in [-0.39, 0.29) is 5.92 Å². The van der Waals surface area contributed by atoms with Gasteiger partial charge in [-0.05, 0) is 0 Å². The van der Waals surface area contributed by atoms with Gasteiger partial charge in [0.15, 0.2) is 0 Å². The monoisotopic (exact) mass is 151 g/mol. The van der Waals surface area contributed by atoms with Crippen molar-refractivity contribution in [1.29, 1.82) is 0 Å². The van der Waals surface area contributed by atoms with E-state index in [9.17, 15) is 9.36 Å². The Morgan fingerprint density at radius 3 is 2.22 bits per heavy atom. The molecular formula is C4H8O4P+. The molecule has 0 spiro atoms. The van der Waals surface area contributed by atoms with Gasteiger partial charge in [-0.2, -0.15) is 4.52 Å². The van der Waals surface area contributed by atoms with E-state index in [1.807, 2.05) is 0 Å². The van der Waals surface area contributed by atoms with Crippen molar-refractivity contribution in [2.24, 2.45) is 5.92 Å². The van der Waals surface area contributed by atoms with Crippen molar-refractivity contribution in [2.75, 3.05) is 0 Å². The van der Waals surface area contributed by atoms with Crippen LogP contribution in [-0.2, 0) is 13.9 Å². The zero-order chi connectivity index (χ0) is 7.44. The molecule has 0 heterocycles. The number of carbonyl (C=O) groups excluding carboxylic acids is 1. The Morgan fingerprint density at radius 2 is 2.11 bits per heavy atom. The van der Waals surface area contributed by atoms with E-state index in [1.54, 1.807) is 13.8 Å². The molecule has 0 amide bonds. The van der Waals surface area contributed by atoms with Gasteiger partial charge in [0.05, 0.1) is 5.92 Å². The summed E-state index contributed by atoms with van der Waals surface area (Å²) in [6, 6.07) is 0. The summed E-state index contributed by atoms with van der Waals surface area (Å²) in [6.07, 6.45) is 0. The lowest BCUT2D eigenvalue weighted by molar-refractivity contribution is -0.137. The van der Waals surface area contributed by atoms with Crippen LogP contribution in [0.3, 0.4) is 0 Å². The van der Waals surface area contributed by atoms with Crippen LogP contribution in [0.2, 0.25) is 0 Å². The molecule has 0 aromatic heterocycles. The SMILES string of the molecule is CC(C)C(=O)O[P+](=O)O. The summed E-state index contributed by atoms with van der Waals surface area (Å²) in [5.74, 6) is -1.00. The van der Waals surface area contributed by atoms with Gasteiger partial charge in [0.25, 0.3) is 0 Å². The standard InChI is InChI=1S/C4H7O4P/c1-3(2)4(5)8-9(6)7/h3H,1-2H3/p+1. The van der Waals surface area contributed by atoms with Crippen LogP contribution in [0, 0.1) is 5.92 Å². The molecule has 0 saturated heterocycles. The molecule has 1 unspecified atom stereocenters. The average Bonchev–Trinajstić information content (AvgIpc) is 1.63. The molecule has 0 radical (unpaired) electrons. The van der Waals surface area contributed by atoms with Crippen molar-refractivity contribution in [2.45, 2.75) is 13.8 Å². The van der Waals surface area contributed by atoms with E-state index in [1.165, 1.54) is 0 Å². The van der Waals surface area contributed by atoms with Gasteiger partial charge in [-0.25, -0.2) is 4.79 Å². The van der Waals surface area contributed by atoms with Crippen LogP contribution < -0.4 is 0 Å².